The van der Waals surface area contributed by atoms with Crippen molar-refractivity contribution in [2.75, 3.05) is 0 Å². The molecule has 0 spiro atoms. The van der Waals surface area contributed by atoms with Crippen LogP contribution in [-0.2, 0) is 5.41 Å². The van der Waals surface area contributed by atoms with E-state index in [0.717, 1.165) is 11.5 Å². The van der Waals surface area contributed by atoms with Crippen LogP contribution < -0.4 is 4.74 Å². The molecule has 0 radical (unpaired) electrons. The summed E-state index contributed by atoms with van der Waals surface area (Å²) in [5.74, 6) is 1.90. The molecule has 6 aromatic rings. The number of rotatable bonds is 2. The van der Waals surface area contributed by atoms with E-state index in [0.29, 0.717) is 0 Å². The lowest BCUT2D eigenvalue weighted by molar-refractivity contribution is 0.418. The molecule has 0 N–H and O–H groups in total. The van der Waals surface area contributed by atoms with Gasteiger partial charge in [0.05, 0.1) is 0 Å². The minimum Gasteiger partial charge on any atom is -0.457 e. The molecule has 0 saturated heterocycles. The Bertz CT molecular complexity index is 1770. The molecule has 7 rings (SSSR count). The number of ether oxygens (including phenoxy) is 1. The molecule has 0 aliphatic carbocycles. The Morgan fingerprint density at radius 1 is 0.444 bits per heavy atom. The van der Waals surface area contributed by atoms with E-state index in [1.54, 1.807) is 0 Å². The van der Waals surface area contributed by atoms with Crippen molar-refractivity contribution < 1.29 is 4.74 Å². The van der Waals surface area contributed by atoms with Crippen molar-refractivity contribution in [1.82, 2.24) is 0 Å². The Balaban J connectivity index is 1.24. The summed E-state index contributed by atoms with van der Waals surface area (Å²) in [6.07, 6.45) is 0. The number of hydrogen-bond donors (Lipinski definition) is 0. The first-order chi connectivity index (χ1) is 17.6. The third-order valence-corrected chi connectivity index (χ3v) is 7.73. The molecular formula is C35H26O. The summed E-state index contributed by atoms with van der Waals surface area (Å²) >= 11 is 0. The zero-order chi connectivity index (χ0) is 24.3. The minimum absolute atomic E-state index is 0.116. The van der Waals surface area contributed by atoms with Crippen LogP contribution in [0.4, 0.5) is 0 Å². The van der Waals surface area contributed by atoms with E-state index in [4.69, 9.17) is 4.74 Å². The molecular weight excluding hydrogens is 436 g/mol. The highest BCUT2D eigenvalue weighted by molar-refractivity contribution is 6.08. The van der Waals surface area contributed by atoms with E-state index in [2.05, 4.69) is 129 Å². The van der Waals surface area contributed by atoms with Gasteiger partial charge in [0.25, 0.3) is 0 Å². The van der Waals surface area contributed by atoms with Gasteiger partial charge in [0.1, 0.15) is 11.5 Å². The maximum absolute atomic E-state index is 6.24. The van der Waals surface area contributed by atoms with Crippen molar-refractivity contribution in [2.45, 2.75) is 19.3 Å². The van der Waals surface area contributed by atoms with E-state index >= 15 is 0 Å². The second kappa shape index (κ2) is 7.83. The van der Waals surface area contributed by atoms with Gasteiger partial charge in [0.15, 0.2) is 0 Å². The van der Waals surface area contributed by atoms with Crippen LogP contribution in [0.15, 0.2) is 121 Å². The summed E-state index contributed by atoms with van der Waals surface area (Å²) in [5.41, 5.74) is 7.23. The number of benzene rings is 6. The molecule has 0 fully saturated rings. The molecule has 1 aliphatic heterocycles. The maximum atomic E-state index is 6.24. The molecule has 0 atom stereocenters. The quantitative estimate of drug-likeness (QED) is 0.233. The normalized spacial score (nSPS) is 13.7. The van der Waals surface area contributed by atoms with Crippen LogP contribution in [0.1, 0.15) is 25.0 Å². The number of fused-ring (bicyclic) bond motifs is 5. The Morgan fingerprint density at radius 2 is 1.03 bits per heavy atom. The fraction of sp³-hybridized carbons (Fsp3) is 0.0857. The summed E-state index contributed by atoms with van der Waals surface area (Å²) < 4.78 is 6.24. The van der Waals surface area contributed by atoms with Crippen molar-refractivity contribution in [3.05, 3.63) is 132 Å². The topological polar surface area (TPSA) is 9.23 Å². The molecule has 1 heterocycles. The Hall–Kier alpha value is -4.36. The van der Waals surface area contributed by atoms with Gasteiger partial charge in [-0.05, 0) is 68.1 Å². The lowest BCUT2D eigenvalue weighted by Gasteiger charge is -2.34. The molecule has 36 heavy (non-hydrogen) atoms. The molecule has 1 aliphatic rings. The van der Waals surface area contributed by atoms with Crippen LogP contribution in [0.5, 0.6) is 11.5 Å². The monoisotopic (exact) mass is 462 g/mol. The third-order valence-electron chi connectivity index (χ3n) is 7.73. The largest absolute Gasteiger partial charge is 0.457 e. The second-order valence-electron chi connectivity index (χ2n) is 10.2. The average molecular weight is 463 g/mol. The summed E-state index contributed by atoms with van der Waals surface area (Å²) in [4.78, 5) is 0. The van der Waals surface area contributed by atoms with Crippen LogP contribution in [0.2, 0.25) is 0 Å². The van der Waals surface area contributed by atoms with Gasteiger partial charge in [-0.25, -0.2) is 0 Å². The average Bonchev–Trinajstić information content (AvgIpc) is 2.93. The smallest absolute Gasteiger partial charge is 0.131 e. The van der Waals surface area contributed by atoms with E-state index < -0.39 is 0 Å². The maximum Gasteiger partial charge on any atom is 0.131 e. The summed E-state index contributed by atoms with van der Waals surface area (Å²) in [6.45, 7) is 4.56. The van der Waals surface area contributed by atoms with Crippen LogP contribution in [0, 0.1) is 0 Å². The van der Waals surface area contributed by atoms with E-state index in [1.807, 2.05) is 6.07 Å². The standard InChI is InChI=1S/C35H26O/c1-35(2)31-9-5-6-10-33(31)36-34-20-18-27(22-32(34)35)24-13-11-23(12-14-24)26-17-19-30-28(21-26)16-15-25-7-3-4-8-29(25)30/h3-22H,1-2H3. The second-order valence-corrected chi connectivity index (χ2v) is 10.2. The summed E-state index contributed by atoms with van der Waals surface area (Å²) in [7, 11) is 0. The van der Waals surface area contributed by atoms with Crippen molar-refractivity contribution in [3.63, 3.8) is 0 Å². The SMILES string of the molecule is CC1(C)c2ccccc2Oc2ccc(-c3ccc(-c4ccc5c(ccc6ccccc65)c4)cc3)cc21. The van der Waals surface area contributed by atoms with Gasteiger partial charge in [-0.1, -0.05) is 111 Å². The van der Waals surface area contributed by atoms with Gasteiger partial charge in [-0.2, -0.15) is 0 Å². The van der Waals surface area contributed by atoms with Crippen molar-refractivity contribution in [2.24, 2.45) is 0 Å². The highest BCUT2D eigenvalue weighted by atomic mass is 16.5. The summed E-state index contributed by atoms with van der Waals surface area (Å²) in [6, 6.07) is 43.7. The van der Waals surface area contributed by atoms with E-state index in [9.17, 15) is 0 Å². The predicted octanol–water partition coefficient (Wildman–Crippen LogP) is 9.76. The highest BCUT2D eigenvalue weighted by Crippen LogP contribution is 2.48. The Labute approximate surface area is 211 Å². The molecule has 6 aromatic carbocycles. The van der Waals surface area contributed by atoms with Crippen LogP contribution >= 0.6 is 0 Å². The first kappa shape index (κ1) is 21.0. The number of para-hydroxylation sites is 1. The van der Waals surface area contributed by atoms with Crippen molar-refractivity contribution in [1.29, 1.82) is 0 Å². The Kier molecular flexibility index (Phi) is 4.56. The van der Waals surface area contributed by atoms with Gasteiger partial charge in [-0.15, -0.1) is 0 Å². The first-order valence-corrected chi connectivity index (χ1v) is 12.5. The molecule has 0 bridgehead atoms. The predicted molar refractivity (Wildman–Crippen MR) is 151 cm³/mol. The molecule has 0 saturated carbocycles. The van der Waals surface area contributed by atoms with Gasteiger partial charge in [-0.3, -0.25) is 0 Å². The molecule has 172 valence electrons. The lowest BCUT2D eigenvalue weighted by atomic mass is 9.75. The highest BCUT2D eigenvalue weighted by Gasteiger charge is 2.34. The summed E-state index contributed by atoms with van der Waals surface area (Å²) in [5, 5.41) is 5.16. The van der Waals surface area contributed by atoms with Crippen molar-refractivity contribution in [3.8, 4) is 33.8 Å². The third kappa shape index (κ3) is 3.24. The molecule has 1 heteroatoms. The first-order valence-electron chi connectivity index (χ1n) is 12.5. The number of hydrogen-bond acceptors (Lipinski definition) is 1. The Morgan fingerprint density at radius 3 is 1.86 bits per heavy atom. The van der Waals surface area contributed by atoms with Gasteiger partial charge < -0.3 is 4.74 Å². The zero-order valence-corrected chi connectivity index (χ0v) is 20.5. The van der Waals surface area contributed by atoms with Crippen LogP contribution in [0.25, 0.3) is 43.8 Å². The van der Waals surface area contributed by atoms with E-state index in [1.165, 1.54) is 54.9 Å². The van der Waals surface area contributed by atoms with Gasteiger partial charge >= 0.3 is 0 Å². The van der Waals surface area contributed by atoms with Gasteiger partial charge in [0.2, 0.25) is 0 Å². The van der Waals surface area contributed by atoms with Crippen LogP contribution in [0.3, 0.4) is 0 Å². The zero-order valence-electron chi connectivity index (χ0n) is 20.5. The van der Waals surface area contributed by atoms with E-state index in [-0.39, 0.29) is 5.41 Å². The van der Waals surface area contributed by atoms with Crippen LogP contribution in [-0.4, -0.2) is 0 Å². The fourth-order valence-electron chi connectivity index (χ4n) is 5.67. The molecule has 0 unspecified atom stereocenters. The lowest BCUT2D eigenvalue weighted by Crippen LogP contribution is -2.24. The minimum atomic E-state index is -0.116. The van der Waals surface area contributed by atoms with Gasteiger partial charge in [0, 0.05) is 16.5 Å². The molecule has 1 nitrogen and oxygen atoms in total. The molecule has 0 aromatic heterocycles. The fourth-order valence-corrected chi connectivity index (χ4v) is 5.67. The molecule has 0 amide bonds. The van der Waals surface area contributed by atoms with Crippen molar-refractivity contribution >= 4 is 21.5 Å².